The molecule has 0 unspecified atom stereocenters. The highest BCUT2D eigenvalue weighted by atomic mass is 32.1. The average Bonchev–Trinajstić information content (AvgIpc) is 3.38. The molecule has 5 aromatic rings. The van der Waals surface area contributed by atoms with E-state index in [-0.39, 0.29) is 0 Å². The minimum Gasteiger partial charge on any atom is -0.497 e. The van der Waals surface area contributed by atoms with Crippen LogP contribution < -0.4 is 10.1 Å². The Hall–Kier alpha value is -3.45. The third-order valence-electron chi connectivity index (χ3n) is 4.86. The largest absolute Gasteiger partial charge is 0.497 e. The fraction of sp³-hybridized carbons (Fsp3) is 0.136. The SMILES string of the molecule is COc1ccc(-c2csc3ncnc(NCCc4nc5ccccc5[nH]4)c23)cc1. The number of H-pyrrole nitrogens is 1. The van der Waals surface area contributed by atoms with Crippen LogP contribution in [-0.2, 0) is 6.42 Å². The second-order valence-electron chi connectivity index (χ2n) is 6.66. The van der Waals surface area contributed by atoms with Crippen LogP contribution in [0.1, 0.15) is 5.82 Å². The fourth-order valence-corrected chi connectivity index (χ4v) is 4.33. The Bertz CT molecular complexity index is 1240. The van der Waals surface area contributed by atoms with E-state index in [1.807, 2.05) is 36.4 Å². The number of rotatable bonds is 6. The van der Waals surface area contributed by atoms with Crippen LogP contribution in [-0.4, -0.2) is 33.6 Å². The molecule has 0 aliphatic carbocycles. The first kappa shape index (κ1) is 17.6. The summed E-state index contributed by atoms with van der Waals surface area (Å²) in [7, 11) is 1.67. The molecule has 0 atom stereocenters. The summed E-state index contributed by atoms with van der Waals surface area (Å²) in [4.78, 5) is 17.9. The molecule has 0 saturated heterocycles. The summed E-state index contributed by atoms with van der Waals surface area (Å²) in [6.07, 6.45) is 2.39. The number of hydrogen-bond donors (Lipinski definition) is 2. The number of nitrogens with one attached hydrogen (secondary N) is 2. The van der Waals surface area contributed by atoms with Gasteiger partial charge in [-0.25, -0.2) is 15.0 Å². The summed E-state index contributed by atoms with van der Waals surface area (Å²) < 4.78 is 5.27. The smallest absolute Gasteiger partial charge is 0.138 e. The van der Waals surface area contributed by atoms with Gasteiger partial charge in [0.05, 0.1) is 23.5 Å². The molecule has 0 aliphatic heterocycles. The predicted molar refractivity (Wildman–Crippen MR) is 118 cm³/mol. The highest BCUT2D eigenvalue weighted by molar-refractivity contribution is 7.17. The molecule has 0 spiro atoms. The lowest BCUT2D eigenvalue weighted by Gasteiger charge is -2.08. The number of methoxy groups -OCH3 is 1. The van der Waals surface area contributed by atoms with Gasteiger partial charge in [0.25, 0.3) is 0 Å². The van der Waals surface area contributed by atoms with Crippen LogP contribution in [0.15, 0.2) is 60.2 Å². The van der Waals surface area contributed by atoms with E-state index >= 15 is 0 Å². The number of aromatic amines is 1. The first-order valence-electron chi connectivity index (χ1n) is 9.36. The lowest BCUT2D eigenvalue weighted by Crippen LogP contribution is -2.07. The molecule has 144 valence electrons. The number of anilines is 1. The van der Waals surface area contributed by atoms with E-state index in [1.54, 1.807) is 24.8 Å². The number of nitrogens with zero attached hydrogens (tertiary/aromatic N) is 3. The number of ether oxygens (including phenoxy) is 1. The lowest BCUT2D eigenvalue weighted by atomic mass is 10.1. The molecule has 0 radical (unpaired) electrons. The molecule has 3 aromatic heterocycles. The van der Waals surface area contributed by atoms with Gasteiger partial charge in [0, 0.05) is 23.9 Å². The highest BCUT2D eigenvalue weighted by Gasteiger charge is 2.13. The maximum absolute atomic E-state index is 5.27. The molecule has 0 fully saturated rings. The first-order valence-corrected chi connectivity index (χ1v) is 10.2. The molecule has 7 heteroatoms. The Kier molecular flexibility index (Phi) is 4.57. The minimum absolute atomic E-state index is 0.726. The summed E-state index contributed by atoms with van der Waals surface area (Å²) >= 11 is 1.62. The van der Waals surface area contributed by atoms with Crippen molar-refractivity contribution in [3.05, 3.63) is 66.1 Å². The molecule has 0 saturated carbocycles. The second-order valence-corrected chi connectivity index (χ2v) is 7.52. The monoisotopic (exact) mass is 401 g/mol. The summed E-state index contributed by atoms with van der Waals surface area (Å²) in [5.41, 5.74) is 4.30. The summed E-state index contributed by atoms with van der Waals surface area (Å²) in [5, 5.41) is 6.65. The summed E-state index contributed by atoms with van der Waals surface area (Å²) in [5.74, 6) is 2.65. The van der Waals surface area contributed by atoms with Gasteiger partial charge in [0.2, 0.25) is 0 Å². The van der Waals surface area contributed by atoms with E-state index in [0.717, 1.165) is 62.7 Å². The third kappa shape index (κ3) is 3.40. The highest BCUT2D eigenvalue weighted by Crippen LogP contribution is 2.36. The number of hydrogen-bond acceptors (Lipinski definition) is 6. The van der Waals surface area contributed by atoms with Gasteiger partial charge in [-0.05, 0) is 29.8 Å². The first-order chi connectivity index (χ1) is 14.3. The van der Waals surface area contributed by atoms with E-state index in [2.05, 4.69) is 42.8 Å². The topological polar surface area (TPSA) is 75.7 Å². The van der Waals surface area contributed by atoms with Crippen molar-refractivity contribution < 1.29 is 4.74 Å². The van der Waals surface area contributed by atoms with E-state index in [0.29, 0.717) is 0 Å². The molecule has 2 N–H and O–H groups in total. The van der Waals surface area contributed by atoms with Gasteiger partial charge in [-0.3, -0.25) is 0 Å². The van der Waals surface area contributed by atoms with Crippen molar-refractivity contribution in [3.63, 3.8) is 0 Å². The molecule has 29 heavy (non-hydrogen) atoms. The standard InChI is InChI=1S/C22H19N5OS/c1-28-15-8-6-14(7-9-15)16-12-29-22-20(16)21(24-13-25-22)23-11-10-19-26-17-4-2-3-5-18(17)27-19/h2-9,12-13H,10-11H2,1H3,(H,26,27)(H,23,24,25). The summed E-state index contributed by atoms with van der Waals surface area (Å²) in [6.45, 7) is 0.726. The number of thiophene rings is 1. The zero-order valence-electron chi connectivity index (χ0n) is 15.8. The molecule has 0 aliphatic rings. The molecular formula is C22H19N5OS. The van der Waals surface area contributed by atoms with Crippen molar-refractivity contribution in [1.82, 2.24) is 19.9 Å². The van der Waals surface area contributed by atoms with Crippen molar-refractivity contribution in [2.75, 3.05) is 19.0 Å². The molecule has 3 heterocycles. The van der Waals surface area contributed by atoms with Crippen molar-refractivity contribution in [2.45, 2.75) is 6.42 Å². The van der Waals surface area contributed by atoms with Crippen LogP contribution in [0.3, 0.4) is 0 Å². The third-order valence-corrected chi connectivity index (χ3v) is 5.75. The van der Waals surface area contributed by atoms with Gasteiger partial charge >= 0.3 is 0 Å². The van der Waals surface area contributed by atoms with Crippen LogP contribution >= 0.6 is 11.3 Å². The second kappa shape index (κ2) is 7.52. The normalized spacial score (nSPS) is 11.2. The van der Waals surface area contributed by atoms with Crippen LogP contribution in [0.4, 0.5) is 5.82 Å². The van der Waals surface area contributed by atoms with Crippen LogP contribution in [0.2, 0.25) is 0 Å². The quantitative estimate of drug-likeness (QED) is 0.423. The predicted octanol–water partition coefficient (Wildman–Crippen LogP) is 4.90. The molecule has 5 rings (SSSR count). The Labute approximate surface area is 171 Å². The van der Waals surface area contributed by atoms with Crippen LogP contribution in [0, 0.1) is 0 Å². The number of fused-ring (bicyclic) bond motifs is 2. The van der Waals surface area contributed by atoms with Gasteiger partial charge < -0.3 is 15.0 Å². The van der Waals surface area contributed by atoms with Gasteiger partial charge in [-0.15, -0.1) is 11.3 Å². The Balaban J connectivity index is 1.40. The fourth-order valence-electron chi connectivity index (χ4n) is 3.42. The van der Waals surface area contributed by atoms with E-state index in [9.17, 15) is 0 Å². The maximum Gasteiger partial charge on any atom is 0.138 e. The van der Waals surface area contributed by atoms with Crippen molar-refractivity contribution >= 4 is 38.4 Å². The van der Waals surface area contributed by atoms with E-state index < -0.39 is 0 Å². The van der Waals surface area contributed by atoms with E-state index in [4.69, 9.17) is 4.74 Å². The minimum atomic E-state index is 0.726. The zero-order chi connectivity index (χ0) is 19.6. The van der Waals surface area contributed by atoms with Crippen molar-refractivity contribution in [1.29, 1.82) is 0 Å². The number of benzene rings is 2. The van der Waals surface area contributed by atoms with Gasteiger partial charge in [-0.2, -0.15) is 0 Å². The maximum atomic E-state index is 5.27. The summed E-state index contributed by atoms with van der Waals surface area (Å²) in [6, 6.07) is 16.1. The van der Waals surface area contributed by atoms with Crippen LogP contribution in [0.25, 0.3) is 32.4 Å². The molecule has 0 amide bonds. The van der Waals surface area contributed by atoms with Gasteiger partial charge in [0.15, 0.2) is 0 Å². The Morgan fingerprint density at radius 1 is 1.07 bits per heavy atom. The lowest BCUT2D eigenvalue weighted by molar-refractivity contribution is 0.415. The van der Waals surface area contributed by atoms with E-state index in [1.165, 1.54) is 0 Å². The molecule has 6 nitrogen and oxygen atoms in total. The van der Waals surface area contributed by atoms with Crippen molar-refractivity contribution in [2.24, 2.45) is 0 Å². The molecular weight excluding hydrogens is 382 g/mol. The van der Waals surface area contributed by atoms with Crippen molar-refractivity contribution in [3.8, 4) is 16.9 Å². The average molecular weight is 401 g/mol. The Morgan fingerprint density at radius 2 is 1.93 bits per heavy atom. The Morgan fingerprint density at radius 3 is 2.76 bits per heavy atom. The van der Waals surface area contributed by atoms with Gasteiger partial charge in [0.1, 0.15) is 28.5 Å². The number of imidazole rings is 1. The zero-order valence-corrected chi connectivity index (χ0v) is 16.7. The number of para-hydroxylation sites is 2. The number of aromatic nitrogens is 4. The van der Waals surface area contributed by atoms with Gasteiger partial charge in [-0.1, -0.05) is 24.3 Å². The molecule has 0 bridgehead atoms. The van der Waals surface area contributed by atoms with Crippen LogP contribution in [0.5, 0.6) is 5.75 Å². The molecule has 2 aromatic carbocycles.